The fourth-order valence-electron chi connectivity index (χ4n) is 2.15. The van der Waals surface area contributed by atoms with Crippen molar-refractivity contribution in [1.82, 2.24) is 15.1 Å². The Hall–Kier alpha value is -2.43. The van der Waals surface area contributed by atoms with Gasteiger partial charge in [0.1, 0.15) is 0 Å². The molecule has 0 aliphatic heterocycles. The molecule has 4 rings (SSSR count). The van der Waals surface area contributed by atoms with E-state index in [0.717, 1.165) is 23.7 Å². The first-order valence-corrected chi connectivity index (χ1v) is 6.27. The molecule has 1 aliphatic carbocycles. The van der Waals surface area contributed by atoms with Crippen molar-refractivity contribution in [1.29, 1.82) is 0 Å². The molecule has 1 aromatic carbocycles. The first kappa shape index (κ1) is 10.5. The molecule has 0 atom stereocenters. The highest BCUT2D eigenvalue weighted by Gasteiger charge is 2.30. The number of hydrogen-bond acceptors (Lipinski definition) is 4. The Balaban J connectivity index is 1.88. The maximum absolute atomic E-state index is 12.1. The van der Waals surface area contributed by atoms with Crippen LogP contribution in [-0.4, -0.2) is 15.1 Å². The number of hydrogen-bond donors (Lipinski definition) is 1. The van der Waals surface area contributed by atoms with Crippen molar-refractivity contribution in [3.05, 3.63) is 46.6 Å². The highest BCUT2D eigenvalue weighted by atomic mass is 16.5. The molecule has 0 unspecified atom stereocenters. The molecule has 2 aromatic heterocycles. The predicted octanol–water partition coefficient (Wildman–Crippen LogP) is 2.46. The van der Waals surface area contributed by atoms with Gasteiger partial charge in [-0.1, -0.05) is 23.4 Å². The molecule has 1 saturated carbocycles. The van der Waals surface area contributed by atoms with Gasteiger partial charge in [0.05, 0.1) is 5.56 Å². The van der Waals surface area contributed by atoms with E-state index >= 15 is 0 Å². The number of nitrogens with zero attached hydrogens (tertiary/aromatic N) is 2. The molecule has 0 bridgehead atoms. The monoisotopic (exact) mass is 253 g/mol. The highest BCUT2D eigenvalue weighted by molar-refractivity contribution is 5.82. The van der Waals surface area contributed by atoms with E-state index in [2.05, 4.69) is 15.1 Å². The van der Waals surface area contributed by atoms with Crippen LogP contribution in [0.3, 0.4) is 0 Å². The molecule has 2 heterocycles. The second-order valence-corrected chi connectivity index (χ2v) is 4.83. The van der Waals surface area contributed by atoms with Crippen molar-refractivity contribution in [3.63, 3.8) is 0 Å². The number of pyridine rings is 1. The van der Waals surface area contributed by atoms with E-state index in [1.54, 1.807) is 6.07 Å². The Morgan fingerprint density at radius 1 is 1.26 bits per heavy atom. The van der Waals surface area contributed by atoms with Crippen LogP contribution in [0.4, 0.5) is 0 Å². The number of H-pyrrole nitrogens is 1. The lowest BCUT2D eigenvalue weighted by Gasteiger charge is -1.98. The minimum atomic E-state index is -0.193. The zero-order chi connectivity index (χ0) is 12.8. The fourth-order valence-corrected chi connectivity index (χ4v) is 2.15. The fraction of sp³-hybridized carbons (Fsp3) is 0.214. The number of aromatic nitrogens is 3. The molecular weight excluding hydrogens is 242 g/mol. The van der Waals surface area contributed by atoms with E-state index < -0.39 is 0 Å². The number of nitrogens with one attached hydrogen (secondary N) is 1. The molecule has 3 aromatic rings. The molecule has 1 fully saturated rings. The zero-order valence-corrected chi connectivity index (χ0v) is 10.1. The summed E-state index contributed by atoms with van der Waals surface area (Å²) in [5, 5.41) is 4.86. The quantitative estimate of drug-likeness (QED) is 0.761. The maximum atomic E-state index is 12.1. The normalized spacial score (nSPS) is 14.9. The van der Waals surface area contributed by atoms with Crippen LogP contribution in [0.2, 0.25) is 0 Å². The van der Waals surface area contributed by atoms with E-state index in [1.807, 2.05) is 24.3 Å². The van der Waals surface area contributed by atoms with Gasteiger partial charge in [0.25, 0.3) is 5.56 Å². The van der Waals surface area contributed by atoms with Gasteiger partial charge in [-0.2, -0.15) is 4.98 Å². The third-order valence-corrected chi connectivity index (χ3v) is 3.36. The van der Waals surface area contributed by atoms with Gasteiger partial charge in [0, 0.05) is 11.4 Å². The number of fused-ring (bicyclic) bond motifs is 1. The standard InChI is InChI=1S/C14H11N3O2/c18-13-10(7-9-3-1-2-4-11(9)15-13)12-16-14(19-17-12)8-5-6-8/h1-4,7-8H,5-6H2,(H,15,18). The average molecular weight is 253 g/mol. The summed E-state index contributed by atoms with van der Waals surface area (Å²) in [4.78, 5) is 19.2. The first-order valence-electron chi connectivity index (χ1n) is 6.27. The van der Waals surface area contributed by atoms with Gasteiger partial charge in [-0.25, -0.2) is 0 Å². The Bertz CT molecular complexity index is 815. The SMILES string of the molecule is O=c1[nH]c2ccccc2cc1-c1noc(C2CC2)n1. The van der Waals surface area contributed by atoms with Crippen molar-refractivity contribution >= 4 is 10.9 Å². The molecule has 0 radical (unpaired) electrons. The first-order chi connectivity index (χ1) is 9.31. The molecule has 19 heavy (non-hydrogen) atoms. The highest BCUT2D eigenvalue weighted by Crippen LogP contribution is 2.39. The Morgan fingerprint density at radius 3 is 2.95 bits per heavy atom. The van der Waals surface area contributed by atoms with Crippen molar-refractivity contribution in [2.45, 2.75) is 18.8 Å². The van der Waals surface area contributed by atoms with Crippen LogP contribution in [0.5, 0.6) is 0 Å². The van der Waals surface area contributed by atoms with Crippen LogP contribution in [0, 0.1) is 0 Å². The Labute approximate surface area is 108 Å². The molecule has 0 saturated heterocycles. The smallest absolute Gasteiger partial charge is 0.259 e. The third kappa shape index (κ3) is 1.74. The van der Waals surface area contributed by atoms with Crippen LogP contribution < -0.4 is 5.56 Å². The topological polar surface area (TPSA) is 71.8 Å². The second-order valence-electron chi connectivity index (χ2n) is 4.83. The molecule has 5 nitrogen and oxygen atoms in total. The van der Waals surface area contributed by atoms with Gasteiger partial charge in [-0.15, -0.1) is 0 Å². The van der Waals surface area contributed by atoms with E-state index in [9.17, 15) is 4.79 Å². The summed E-state index contributed by atoms with van der Waals surface area (Å²) < 4.78 is 5.20. The third-order valence-electron chi connectivity index (χ3n) is 3.36. The van der Waals surface area contributed by atoms with Gasteiger partial charge in [-0.05, 0) is 30.4 Å². The minimum absolute atomic E-state index is 0.193. The van der Waals surface area contributed by atoms with Gasteiger partial charge < -0.3 is 9.51 Å². The Morgan fingerprint density at radius 2 is 2.11 bits per heavy atom. The summed E-state index contributed by atoms with van der Waals surface area (Å²) in [5.41, 5.74) is 1.07. The van der Waals surface area contributed by atoms with Gasteiger partial charge in [-0.3, -0.25) is 4.79 Å². The van der Waals surface area contributed by atoms with Gasteiger partial charge in [0.2, 0.25) is 11.7 Å². The van der Waals surface area contributed by atoms with Crippen molar-refractivity contribution in [3.8, 4) is 11.4 Å². The van der Waals surface area contributed by atoms with Crippen LogP contribution in [0.1, 0.15) is 24.7 Å². The molecule has 94 valence electrons. The molecule has 1 aliphatic rings. The van der Waals surface area contributed by atoms with E-state index in [-0.39, 0.29) is 5.56 Å². The lowest BCUT2D eigenvalue weighted by Crippen LogP contribution is -2.09. The lowest BCUT2D eigenvalue weighted by atomic mass is 10.1. The zero-order valence-electron chi connectivity index (χ0n) is 10.1. The largest absolute Gasteiger partial charge is 0.339 e. The number of aromatic amines is 1. The van der Waals surface area contributed by atoms with Crippen molar-refractivity contribution < 1.29 is 4.52 Å². The summed E-state index contributed by atoms with van der Waals surface area (Å²) in [6.07, 6.45) is 2.19. The van der Waals surface area contributed by atoms with Crippen LogP contribution in [-0.2, 0) is 0 Å². The van der Waals surface area contributed by atoms with Gasteiger partial charge in [0.15, 0.2) is 0 Å². The summed E-state index contributed by atoms with van der Waals surface area (Å²) in [6, 6.07) is 9.42. The van der Waals surface area contributed by atoms with E-state index in [4.69, 9.17) is 4.52 Å². The van der Waals surface area contributed by atoms with Crippen molar-refractivity contribution in [2.24, 2.45) is 0 Å². The van der Waals surface area contributed by atoms with E-state index in [1.165, 1.54) is 0 Å². The summed E-state index contributed by atoms with van der Waals surface area (Å²) in [5.74, 6) is 1.40. The number of para-hydroxylation sites is 1. The second kappa shape index (κ2) is 3.78. The predicted molar refractivity (Wildman–Crippen MR) is 69.8 cm³/mol. The van der Waals surface area contributed by atoms with Crippen molar-refractivity contribution in [2.75, 3.05) is 0 Å². The van der Waals surface area contributed by atoms with Crippen LogP contribution >= 0.6 is 0 Å². The Kier molecular flexibility index (Phi) is 2.09. The molecule has 0 amide bonds. The molecule has 5 heteroatoms. The van der Waals surface area contributed by atoms with Gasteiger partial charge >= 0.3 is 0 Å². The lowest BCUT2D eigenvalue weighted by molar-refractivity contribution is 0.380. The van der Waals surface area contributed by atoms with Crippen LogP contribution in [0.25, 0.3) is 22.3 Å². The molecule has 1 N–H and O–H groups in total. The average Bonchev–Trinajstić information content (AvgIpc) is 3.16. The number of benzene rings is 1. The number of rotatable bonds is 2. The summed E-state index contributed by atoms with van der Waals surface area (Å²) >= 11 is 0. The van der Waals surface area contributed by atoms with Crippen LogP contribution in [0.15, 0.2) is 39.6 Å². The van der Waals surface area contributed by atoms with E-state index in [0.29, 0.717) is 23.2 Å². The summed E-state index contributed by atoms with van der Waals surface area (Å²) in [7, 11) is 0. The minimum Gasteiger partial charge on any atom is -0.339 e. The summed E-state index contributed by atoms with van der Waals surface area (Å²) in [6.45, 7) is 0. The molecular formula is C14H11N3O2. The maximum Gasteiger partial charge on any atom is 0.259 e. The molecule has 0 spiro atoms.